The molecule has 4 rings (SSSR count). The van der Waals surface area contributed by atoms with Crippen LogP contribution in [-0.2, 0) is 23.7 Å². The van der Waals surface area contributed by atoms with Gasteiger partial charge in [-0.3, -0.25) is 9.59 Å². The van der Waals surface area contributed by atoms with Crippen LogP contribution >= 0.6 is 11.6 Å². The maximum absolute atomic E-state index is 13.9. The van der Waals surface area contributed by atoms with Gasteiger partial charge in [-0.15, -0.1) is 0 Å². The van der Waals surface area contributed by atoms with Crippen LogP contribution in [0.2, 0.25) is 5.02 Å². The van der Waals surface area contributed by atoms with Crippen molar-refractivity contribution < 1.29 is 35.9 Å². The quantitative estimate of drug-likeness (QED) is 0.187. The summed E-state index contributed by atoms with van der Waals surface area (Å²) >= 11 is 6.27. The van der Waals surface area contributed by atoms with Gasteiger partial charge in [-0.1, -0.05) is 38.4 Å². The number of alkyl halides is 6. The summed E-state index contributed by atoms with van der Waals surface area (Å²) in [5, 5.41) is 8.73. The van der Waals surface area contributed by atoms with E-state index < -0.39 is 46.2 Å². The third-order valence-corrected chi connectivity index (χ3v) is 6.82. The summed E-state index contributed by atoms with van der Waals surface area (Å²) in [6, 6.07) is 10.3. The van der Waals surface area contributed by atoms with Crippen molar-refractivity contribution in [3.63, 3.8) is 0 Å². The van der Waals surface area contributed by atoms with Crippen LogP contribution < -0.4 is 16.0 Å². The number of hydrogen-bond donors (Lipinski definition) is 3. The van der Waals surface area contributed by atoms with E-state index in [1.165, 1.54) is 37.4 Å². The van der Waals surface area contributed by atoms with E-state index in [9.17, 15) is 35.9 Å². The van der Waals surface area contributed by atoms with Crippen molar-refractivity contribution in [1.29, 1.82) is 0 Å². The van der Waals surface area contributed by atoms with Crippen LogP contribution in [0.25, 0.3) is 22.3 Å². The number of carbonyl (C=O) groups excluding carboxylic acids is 2. The molecule has 0 aliphatic carbocycles. The fraction of sp³-hybridized carbons (Fsp3) is 0.267. The van der Waals surface area contributed by atoms with Gasteiger partial charge in [0.1, 0.15) is 5.82 Å². The van der Waals surface area contributed by atoms with E-state index in [0.717, 1.165) is 0 Å². The van der Waals surface area contributed by atoms with E-state index in [4.69, 9.17) is 11.6 Å². The maximum atomic E-state index is 13.9. The Kier molecular flexibility index (Phi) is 8.83. The highest BCUT2D eigenvalue weighted by molar-refractivity contribution is 6.34. The Morgan fingerprint density at radius 3 is 2.18 bits per heavy atom. The molecule has 232 valence electrons. The van der Waals surface area contributed by atoms with Gasteiger partial charge >= 0.3 is 12.4 Å². The lowest BCUT2D eigenvalue weighted by Gasteiger charge is -2.18. The molecule has 0 unspecified atom stereocenters. The molecule has 0 bridgehead atoms. The predicted octanol–water partition coefficient (Wildman–Crippen LogP) is 7.94. The lowest BCUT2D eigenvalue weighted by Crippen LogP contribution is -2.34. The molecule has 0 fully saturated rings. The lowest BCUT2D eigenvalue weighted by molar-refractivity contribution is -0.142. The summed E-state index contributed by atoms with van der Waals surface area (Å²) in [7, 11) is 1.47. The molecule has 2 amide bonds. The van der Waals surface area contributed by atoms with Crippen molar-refractivity contribution in [2.24, 2.45) is 5.41 Å². The number of nitrogens with one attached hydrogen (secondary N) is 3. The second-order valence-corrected chi connectivity index (χ2v) is 11.2. The highest BCUT2D eigenvalue weighted by atomic mass is 35.5. The van der Waals surface area contributed by atoms with E-state index in [2.05, 4.69) is 25.9 Å². The summed E-state index contributed by atoms with van der Waals surface area (Å²) in [4.78, 5) is 33.7. The van der Waals surface area contributed by atoms with Crippen molar-refractivity contribution in [2.75, 3.05) is 17.7 Å². The molecule has 44 heavy (non-hydrogen) atoms. The fourth-order valence-corrected chi connectivity index (χ4v) is 4.37. The van der Waals surface area contributed by atoms with Crippen LogP contribution in [0.3, 0.4) is 0 Å². The topological polar surface area (TPSA) is 96.0 Å². The minimum Gasteiger partial charge on any atom is -0.373 e. The van der Waals surface area contributed by atoms with Crippen molar-refractivity contribution in [1.82, 2.24) is 15.3 Å². The fourth-order valence-electron chi connectivity index (χ4n) is 4.17. The lowest BCUT2D eigenvalue weighted by atomic mass is 9.95. The van der Waals surface area contributed by atoms with Crippen LogP contribution in [0.15, 0.2) is 54.6 Å². The summed E-state index contributed by atoms with van der Waals surface area (Å²) in [6.07, 6.45) is -10.1. The van der Waals surface area contributed by atoms with Gasteiger partial charge in [0.25, 0.3) is 5.91 Å². The van der Waals surface area contributed by atoms with Crippen LogP contribution in [0, 0.1) is 5.41 Å². The van der Waals surface area contributed by atoms with Crippen molar-refractivity contribution >= 4 is 45.8 Å². The Labute approximate surface area is 253 Å². The van der Waals surface area contributed by atoms with E-state index >= 15 is 0 Å². The zero-order chi connectivity index (χ0) is 32.6. The average Bonchev–Trinajstić information content (AvgIpc) is 2.93. The Morgan fingerprint density at radius 2 is 1.57 bits per heavy atom. The molecule has 7 nitrogen and oxygen atoms in total. The van der Waals surface area contributed by atoms with Crippen molar-refractivity contribution in [2.45, 2.75) is 39.7 Å². The zero-order valence-corrected chi connectivity index (χ0v) is 24.5. The first kappa shape index (κ1) is 32.5. The first-order valence-electron chi connectivity index (χ1n) is 13.0. The van der Waals surface area contributed by atoms with Gasteiger partial charge in [0.2, 0.25) is 5.91 Å². The molecular weight excluding hydrogens is 612 g/mol. The first-order chi connectivity index (χ1) is 20.4. The number of hydrogen-bond acceptors (Lipinski definition) is 5. The minimum absolute atomic E-state index is 0.0188. The van der Waals surface area contributed by atoms with Crippen molar-refractivity contribution in [3.05, 3.63) is 81.9 Å². The molecule has 3 N–H and O–H groups in total. The van der Waals surface area contributed by atoms with Gasteiger partial charge in [0.15, 0.2) is 5.82 Å². The average molecular weight is 638 g/mol. The summed E-state index contributed by atoms with van der Waals surface area (Å²) in [6.45, 7) is 5.44. The van der Waals surface area contributed by atoms with Crippen LogP contribution in [0.1, 0.15) is 47.8 Å². The number of halogens is 7. The molecule has 1 aromatic heterocycles. The van der Waals surface area contributed by atoms with Crippen LogP contribution in [0.5, 0.6) is 0 Å². The molecule has 0 radical (unpaired) electrons. The summed E-state index contributed by atoms with van der Waals surface area (Å²) in [5.41, 5.74) is -3.24. The molecule has 0 aliphatic heterocycles. The Bertz CT molecular complexity index is 1750. The number of nitrogens with zero attached hydrogens (tertiary/aromatic N) is 2. The van der Waals surface area contributed by atoms with Crippen LogP contribution in [-0.4, -0.2) is 28.8 Å². The summed E-state index contributed by atoms with van der Waals surface area (Å²) in [5.74, 6) is -1.15. The Morgan fingerprint density at radius 1 is 0.864 bits per heavy atom. The largest absolute Gasteiger partial charge is 0.417 e. The molecule has 0 atom stereocenters. The standard InChI is InChI=1S/C30H26ClF6N5O2/c1-28(2,3)27(44)39-14-15-5-10-22(31)20(11-15)26(43)40-17-7-9-19-23(13-17)41-25(42-24(19)38-4)18-8-6-16(29(32,33)34)12-21(18)30(35,36)37/h5-13H,14H2,1-4H3,(H,39,44)(H,40,43)(H,38,41,42). The number of anilines is 2. The van der Waals surface area contributed by atoms with Gasteiger partial charge in [-0.2, -0.15) is 26.3 Å². The second kappa shape index (κ2) is 11.9. The van der Waals surface area contributed by atoms with Gasteiger partial charge in [0.05, 0.1) is 27.2 Å². The first-order valence-corrected chi connectivity index (χ1v) is 13.4. The number of aromatic nitrogens is 2. The normalized spacial score (nSPS) is 12.2. The smallest absolute Gasteiger partial charge is 0.373 e. The third kappa shape index (κ3) is 7.21. The Balaban J connectivity index is 1.69. The highest BCUT2D eigenvalue weighted by Gasteiger charge is 2.39. The Hall–Kier alpha value is -4.39. The predicted molar refractivity (Wildman–Crippen MR) is 155 cm³/mol. The molecule has 0 aliphatic rings. The molecule has 4 aromatic rings. The second-order valence-electron chi connectivity index (χ2n) is 10.8. The minimum atomic E-state index is -5.13. The monoisotopic (exact) mass is 637 g/mol. The highest BCUT2D eigenvalue weighted by Crippen LogP contribution is 2.41. The zero-order valence-electron chi connectivity index (χ0n) is 23.8. The third-order valence-electron chi connectivity index (χ3n) is 6.49. The summed E-state index contributed by atoms with van der Waals surface area (Å²) < 4.78 is 81.1. The van der Waals surface area contributed by atoms with E-state index in [1.54, 1.807) is 26.8 Å². The van der Waals surface area contributed by atoms with Gasteiger partial charge in [-0.25, -0.2) is 9.97 Å². The van der Waals surface area contributed by atoms with E-state index in [0.29, 0.717) is 23.1 Å². The van der Waals surface area contributed by atoms with E-state index in [1.807, 2.05) is 0 Å². The number of amides is 2. The molecule has 0 saturated heterocycles. The number of carbonyl (C=O) groups is 2. The number of rotatable bonds is 6. The van der Waals surface area contributed by atoms with Crippen molar-refractivity contribution in [3.8, 4) is 11.4 Å². The van der Waals surface area contributed by atoms with Gasteiger partial charge in [-0.05, 0) is 54.1 Å². The molecule has 1 heterocycles. The molecule has 0 saturated carbocycles. The SMILES string of the molecule is CNc1nc(-c2ccc(C(F)(F)F)cc2C(F)(F)F)nc2cc(NC(=O)c3cc(CNC(=O)C(C)(C)C)ccc3Cl)ccc12. The van der Waals surface area contributed by atoms with Gasteiger partial charge < -0.3 is 16.0 Å². The van der Waals surface area contributed by atoms with Crippen LogP contribution in [0.4, 0.5) is 37.8 Å². The molecule has 0 spiro atoms. The van der Waals surface area contributed by atoms with Gasteiger partial charge in [0, 0.05) is 35.6 Å². The number of benzene rings is 3. The molecular formula is C30H26ClF6N5O2. The maximum Gasteiger partial charge on any atom is 0.417 e. The van der Waals surface area contributed by atoms with E-state index in [-0.39, 0.29) is 46.1 Å². The molecule has 3 aromatic carbocycles. The number of fused-ring (bicyclic) bond motifs is 1. The molecule has 14 heteroatoms.